The smallest absolute Gasteiger partial charge is 0.317 e. The highest BCUT2D eigenvalue weighted by molar-refractivity contribution is 6.30. The standard InChI is InChI=1S/C23H28ClN3O2/c1-2-12-25-22(29)26-15-23(16-26)21(18-6-4-3-5-7-18)20(14-28)27(23)13-17-8-10-19(24)11-9-17/h3-11,20-21,28H,2,12-16H2,1H3,(H,25,29)/t20-,21+/m0/s1. The molecule has 0 aromatic heterocycles. The van der Waals surface area contributed by atoms with Crippen molar-refractivity contribution in [1.29, 1.82) is 0 Å². The van der Waals surface area contributed by atoms with Crippen LogP contribution in [0.5, 0.6) is 0 Å². The summed E-state index contributed by atoms with van der Waals surface area (Å²) in [5.74, 6) is 0.205. The van der Waals surface area contributed by atoms with Gasteiger partial charge in [0.15, 0.2) is 0 Å². The van der Waals surface area contributed by atoms with Crippen LogP contribution in [-0.4, -0.2) is 58.8 Å². The van der Waals surface area contributed by atoms with E-state index in [0.29, 0.717) is 19.6 Å². The summed E-state index contributed by atoms with van der Waals surface area (Å²) in [5, 5.41) is 13.9. The number of urea groups is 1. The monoisotopic (exact) mass is 413 g/mol. The maximum absolute atomic E-state index is 12.4. The number of likely N-dealkylation sites (tertiary alicyclic amines) is 2. The minimum atomic E-state index is -0.141. The fraction of sp³-hybridized carbons (Fsp3) is 0.435. The predicted molar refractivity (Wildman–Crippen MR) is 115 cm³/mol. The molecule has 2 amide bonds. The van der Waals surface area contributed by atoms with Gasteiger partial charge >= 0.3 is 6.03 Å². The summed E-state index contributed by atoms with van der Waals surface area (Å²) in [6.45, 7) is 4.92. The molecule has 0 bridgehead atoms. The Morgan fingerprint density at radius 2 is 1.86 bits per heavy atom. The molecular formula is C23H28ClN3O2. The molecule has 2 atom stereocenters. The van der Waals surface area contributed by atoms with E-state index >= 15 is 0 Å². The van der Waals surface area contributed by atoms with Gasteiger partial charge in [0.25, 0.3) is 0 Å². The number of rotatable bonds is 6. The summed E-state index contributed by atoms with van der Waals surface area (Å²) < 4.78 is 0. The van der Waals surface area contributed by atoms with Crippen molar-refractivity contribution in [3.8, 4) is 0 Å². The molecule has 2 aliphatic heterocycles. The molecule has 1 spiro atoms. The second-order valence-electron chi connectivity index (χ2n) is 8.08. The van der Waals surface area contributed by atoms with Crippen LogP contribution in [0.25, 0.3) is 0 Å². The van der Waals surface area contributed by atoms with E-state index in [1.807, 2.05) is 47.4 Å². The number of nitrogens with one attached hydrogen (secondary N) is 1. The van der Waals surface area contributed by atoms with Crippen molar-refractivity contribution < 1.29 is 9.90 Å². The second-order valence-corrected chi connectivity index (χ2v) is 8.52. The van der Waals surface area contributed by atoms with Crippen molar-refractivity contribution in [3.05, 3.63) is 70.7 Å². The molecule has 5 nitrogen and oxygen atoms in total. The van der Waals surface area contributed by atoms with Gasteiger partial charge < -0.3 is 15.3 Å². The molecule has 2 fully saturated rings. The highest BCUT2D eigenvalue weighted by Crippen LogP contribution is 2.54. The average molecular weight is 414 g/mol. The van der Waals surface area contributed by atoms with E-state index in [-0.39, 0.29) is 30.1 Å². The lowest BCUT2D eigenvalue weighted by Gasteiger charge is -2.70. The lowest BCUT2D eigenvalue weighted by molar-refractivity contribution is -0.183. The molecule has 154 valence electrons. The number of aliphatic hydroxyl groups excluding tert-OH is 1. The van der Waals surface area contributed by atoms with Crippen LogP contribution < -0.4 is 5.32 Å². The molecule has 2 aliphatic rings. The van der Waals surface area contributed by atoms with Crippen molar-refractivity contribution in [2.24, 2.45) is 0 Å². The number of nitrogens with zero attached hydrogens (tertiary/aromatic N) is 2. The number of halogens is 1. The highest BCUT2D eigenvalue weighted by atomic mass is 35.5. The van der Waals surface area contributed by atoms with Crippen molar-refractivity contribution in [2.75, 3.05) is 26.2 Å². The third-order valence-electron chi connectivity index (χ3n) is 6.29. The zero-order valence-electron chi connectivity index (χ0n) is 16.7. The molecule has 0 aliphatic carbocycles. The maximum atomic E-state index is 12.4. The fourth-order valence-corrected chi connectivity index (χ4v) is 5.03. The Kier molecular flexibility index (Phi) is 5.81. The number of hydrogen-bond donors (Lipinski definition) is 2. The number of carbonyl (C=O) groups is 1. The van der Waals surface area contributed by atoms with Gasteiger partial charge in [-0.1, -0.05) is 61.0 Å². The van der Waals surface area contributed by atoms with E-state index in [4.69, 9.17) is 11.6 Å². The molecule has 0 unspecified atom stereocenters. The van der Waals surface area contributed by atoms with E-state index in [0.717, 1.165) is 23.6 Å². The third-order valence-corrected chi connectivity index (χ3v) is 6.54. The summed E-state index contributed by atoms with van der Waals surface area (Å²) in [6, 6.07) is 18.3. The molecule has 29 heavy (non-hydrogen) atoms. The molecule has 2 aromatic rings. The normalized spacial score (nSPS) is 22.8. The van der Waals surface area contributed by atoms with Crippen LogP contribution in [-0.2, 0) is 6.54 Å². The van der Waals surface area contributed by atoms with Gasteiger partial charge in [0.1, 0.15) is 0 Å². The van der Waals surface area contributed by atoms with E-state index < -0.39 is 0 Å². The molecule has 0 radical (unpaired) electrons. The average Bonchev–Trinajstić information content (AvgIpc) is 2.70. The Morgan fingerprint density at radius 1 is 1.17 bits per heavy atom. The summed E-state index contributed by atoms with van der Waals surface area (Å²) in [7, 11) is 0. The molecule has 2 aromatic carbocycles. The van der Waals surface area contributed by atoms with Crippen LogP contribution >= 0.6 is 11.6 Å². The first-order valence-corrected chi connectivity index (χ1v) is 10.7. The molecule has 2 saturated heterocycles. The Hall–Kier alpha value is -2.08. The SMILES string of the molecule is CCCNC(=O)N1CC2(C1)[C@H](c1ccccc1)[C@H](CO)N2Cc1ccc(Cl)cc1. The topological polar surface area (TPSA) is 55.8 Å². The zero-order chi connectivity index (χ0) is 20.4. The van der Waals surface area contributed by atoms with Crippen LogP contribution in [0.15, 0.2) is 54.6 Å². The summed E-state index contributed by atoms with van der Waals surface area (Å²) in [5.41, 5.74) is 2.25. The van der Waals surface area contributed by atoms with Crippen molar-refractivity contribution in [3.63, 3.8) is 0 Å². The minimum Gasteiger partial charge on any atom is -0.395 e. The number of amides is 2. The Morgan fingerprint density at radius 3 is 2.48 bits per heavy atom. The van der Waals surface area contributed by atoms with Gasteiger partial charge in [-0.05, 0) is 29.7 Å². The fourth-order valence-electron chi connectivity index (χ4n) is 4.90. The number of hydrogen-bond acceptors (Lipinski definition) is 3. The molecule has 6 heteroatoms. The Labute approximate surface area is 177 Å². The van der Waals surface area contributed by atoms with Crippen LogP contribution in [0, 0.1) is 0 Å². The molecule has 4 rings (SSSR count). The van der Waals surface area contributed by atoms with E-state index in [1.165, 1.54) is 5.56 Å². The maximum Gasteiger partial charge on any atom is 0.317 e. The summed E-state index contributed by atoms with van der Waals surface area (Å²) >= 11 is 6.04. The summed E-state index contributed by atoms with van der Waals surface area (Å²) in [6.07, 6.45) is 0.923. The van der Waals surface area contributed by atoms with Crippen LogP contribution in [0.3, 0.4) is 0 Å². The highest BCUT2D eigenvalue weighted by Gasteiger charge is 2.66. The zero-order valence-corrected chi connectivity index (χ0v) is 17.5. The van der Waals surface area contributed by atoms with Crippen LogP contribution in [0.2, 0.25) is 5.02 Å². The quantitative estimate of drug-likeness (QED) is 0.762. The molecular weight excluding hydrogens is 386 g/mol. The Bertz CT molecular complexity index is 837. The van der Waals surface area contributed by atoms with Crippen molar-refractivity contribution in [2.45, 2.75) is 37.4 Å². The van der Waals surface area contributed by atoms with E-state index in [2.05, 4.69) is 29.3 Å². The molecule has 2 heterocycles. The van der Waals surface area contributed by atoms with Gasteiger partial charge in [0, 0.05) is 43.2 Å². The van der Waals surface area contributed by atoms with Crippen LogP contribution in [0.4, 0.5) is 4.79 Å². The van der Waals surface area contributed by atoms with Gasteiger partial charge in [-0.3, -0.25) is 4.90 Å². The van der Waals surface area contributed by atoms with Crippen LogP contribution in [0.1, 0.15) is 30.4 Å². The number of aliphatic hydroxyl groups is 1. The first-order chi connectivity index (χ1) is 14.1. The summed E-state index contributed by atoms with van der Waals surface area (Å²) in [4.78, 5) is 16.7. The first-order valence-electron chi connectivity index (χ1n) is 10.3. The Balaban J connectivity index is 1.58. The van der Waals surface area contributed by atoms with E-state index in [1.54, 1.807) is 0 Å². The van der Waals surface area contributed by atoms with Gasteiger partial charge in [-0.2, -0.15) is 0 Å². The third kappa shape index (κ3) is 3.63. The van der Waals surface area contributed by atoms with Crippen molar-refractivity contribution >= 4 is 17.6 Å². The van der Waals surface area contributed by atoms with Gasteiger partial charge in [-0.25, -0.2) is 4.79 Å². The second kappa shape index (κ2) is 8.34. The number of benzene rings is 2. The molecule has 2 N–H and O–H groups in total. The van der Waals surface area contributed by atoms with Gasteiger partial charge in [0.2, 0.25) is 0 Å². The van der Waals surface area contributed by atoms with Crippen molar-refractivity contribution in [1.82, 2.24) is 15.1 Å². The van der Waals surface area contributed by atoms with E-state index in [9.17, 15) is 9.90 Å². The lowest BCUT2D eigenvalue weighted by atomic mass is 9.60. The number of carbonyl (C=O) groups excluding carboxylic acids is 1. The first kappa shape index (κ1) is 20.2. The van der Waals surface area contributed by atoms with Gasteiger partial charge in [-0.15, -0.1) is 0 Å². The molecule has 0 saturated carbocycles. The largest absolute Gasteiger partial charge is 0.395 e. The lowest BCUT2D eigenvalue weighted by Crippen LogP contribution is -2.85. The predicted octanol–water partition coefficient (Wildman–Crippen LogP) is 3.47. The van der Waals surface area contributed by atoms with Gasteiger partial charge in [0.05, 0.1) is 12.1 Å². The minimum absolute atomic E-state index is 0.00294.